The van der Waals surface area contributed by atoms with Crippen molar-refractivity contribution in [1.29, 1.82) is 0 Å². The van der Waals surface area contributed by atoms with Gasteiger partial charge in [-0.25, -0.2) is 0 Å². The van der Waals surface area contributed by atoms with Gasteiger partial charge >= 0.3 is 0 Å². The highest BCUT2D eigenvalue weighted by Gasteiger charge is 2.45. The second-order valence-corrected chi connectivity index (χ2v) is 6.08. The minimum atomic E-state index is -0.0330. The van der Waals surface area contributed by atoms with Gasteiger partial charge in [0, 0.05) is 13.7 Å². The lowest BCUT2D eigenvalue weighted by atomic mass is 10.1. The Morgan fingerprint density at radius 1 is 1.22 bits per heavy atom. The number of ether oxygens (including phenoxy) is 4. The molecule has 1 saturated heterocycles. The fourth-order valence-corrected chi connectivity index (χ4v) is 3.82. The Labute approximate surface area is 135 Å². The summed E-state index contributed by atoms with van der Waals surface area (Å²) in [5, 5.41) is 0. The van der Waals surface area contributed by atoms with E-state index in [9.17, 15) is 4.79 Å². The van der Waals surface area contributed by atoms with Crippen molar-refractivity contribution in [3.05, 3.63) is 23.8 Å². The molecule has 1 aromatic rings. The Balaban J connectivity index is 1.62. The topological polar surface area (TPSA) is 57.2 Å². The van der Waals surface area contributed by atoms with E-state index >= 15 is 0 Å². The van der Waals surface area contributed by atoms with Gasteiger partial charge in [0.15, 0.2) is 11.5 Å². The number of rotatable bonds is 2. The Hall–Kier alpha value is -1.79. The van der Waals surface area contributed by atoms with Crippen molar-refractivity contribution >= 4 is 5.91 Å². The van der Waals surface area contributed by atoms with Crippen molar-refractivity contribution in [2.45, 2.75) is 31.1 Å². The zero-order valence-electron chi connectivity index (χ0n) is 13.2. The SMILES string of the molecule is CO[C@@H]1CC[C@@H]2[C@@H]1OCCN2C(=O)c1cccc2c1OCCO2. The van der Waals surface area contributed by atoms with Crippen molar-refractivity contribution < 1.29 is 23.7 Å². The smallest absolute Gasteiger partial charge is 0.258 e. The van der Waals surface area contributed by atoms with Crippen LogP contribution in [0.5, 0.6) is 11.5 Å². The lowest BCUT2D eigenvalue weighted by molar-refractivity contribution is -0.0947. The van der Waals surface area contributed by atoms with Crippen molar-refractivity contribution in [3.63, 3.8) is 0 Å². The number of nitrogens with zero attached hydrogens (tertiary/aromatic N) is 1. The molecule has 0 aromatic heterocycles. The van der Waals surface area contributed by atoms with Crippen molar-refractivity contribution in [2.24, 2.45) is 0 Å². The molecule has 2 heterocycles. The molecule has 124 valence electrons. The first kappa shape index (κ1) is 14.8. The first-order valence-electron chi connectivity index (χ1n) is 8.13. The van der Waals surface area contributed by atoms with Crippen LogP contribution in [-0.2, 0) is 9.47 Å². The Morgan fingerprint density at radius 2 is 2.09 bits per heavy atom. The number of carbonyl (C=O) groups excluding carboxylic acids is 1. The molecule has 3 aliphatic rings. The molecule has 0 bridgehead atoms. The maximum atomic E-state index is 13.1. The van der Waals surface area contributed by atoms with Crippen LogP contribution in [0.15, 0.2) is 18.2 Å². The third-order valence-electron chi connectivity index (χ3n) is 4.90. The second-order valence-electron chi connectivity index (χ2n) is 6.08. The molecule has 1 saturated carbocycles. The maximum absolute atomic E-state index is 13.1. The van der Waals surface area contributed by atoms with Gasteiger partial charge in [0.1, 0.15) is 19.3 Å². The molecule has 4 rings (SSSR count). The van der Waals surface area contributed by atoms with Crippen LogP contribution in [0.3, 0.4) is 0 Å². The van der Waals surface area contributed by atoms with Gasteiger partial charge in [-0.3, -0.25) is 4.79 Å². The van der Waals surface area contributed by atoms with Gasteiger partial charge in [-0.05, 0) is 25.0 Å². The lowest BCUT2D eigenvalue weighted by Crippen LogP contribution is -2.53. The van der Waals surface area contributed by atoms with E-state index in [0.29, 0.717) is 43.4 Å². The van der Waals surface area contributed by atoms with E-state index in [0.717, 1.165) is 12.8 Å². The van der Waals surface area contributed by atoms with Gasteiger partial charge in [0.05, 0.1) is 24.3 Å². The normalized spacial score (nSPS) is 29.3. The van der Waals surface area contributed by atoms with Gasteiger partial charge in [0.25, 0.3) is 5.91 Å². The van der Waals surface area contributed by atoms with Crippen LogP contribution in [0.2, 0.25) is 0 Å². The molecule has 0 spiro atoms. The molecule has 1 aromatic carbocycles. The molecular weight excluding hydrogens is 298 g/mol. The summed E-state index contributed by atoms with van der Waals surface area (Å²) in [6.07, 6.45) is 1.86. The van der Waals surface area contributed by atoms with E-state index in [1.807, 2.05) is 23.1 Å². The number of methoxy groups -OCH3 is 1. The molecule has 1 aliphatic carbocycles. The number of benzene rings is 1. The zero-order chi connectivity index (χ0) is 15.8. The van der Waals surface area contributed by atoms with E-state index in [1.54, 1.807) is 7.11 Å². The molecule has 0 unspecified atom stereocenters. The molecule has 0 radical (unpaired) electrons. The number of hydrogen-bond acceptors (Lipinski definition) is 5. The summed E-state index contributed by atoms with van der Waals surface area (Å²) in [5.41, 5.74) is 0.573. The average Bonchev–Trinajstić information content (AvgIpc) is 3.04. The third-order valence-corrected chi connectivity index (χ3v) is 4.90. The van der Waals surface area contributed by atoms with Crippen LogP contribution in [0.4, 0.5) is 0 Å². The number of amides is 1. The van der Waals surface area contributed by atoms with E-state index in [-0.39, 0.29) is 24.2 Å². The Morgan fingerprint density at radius 3 is 2.96 bits per heavy atom. The van der Waals surface area contributed by atoms with Crippen LogP contribution in [0, 0.1) is 0 Å². The average molecular weight is 319 g/mol. The highest BCUT2D eigenvalue weighted by molar-refractivity contribution is 5.98. The highest BCUT2D eigenvalue weighted by Crippen LogP contribution is 2.37. The largest absolute Gasteiger partial charge is 0.486 e. The first-order valence-corrected chi connectivity index (χ1v) is 8.13. The Kier molecular flexibility index (Phi) is 3.87. The molecule has 2 aliphatic heterocycles. The summed E-state index contributed by atoms with van der Waals surface area (Å²) in [7, 11) is 1.70. The van der Waals surface area contributed by atoms with Crippen molar-refractivity contribution in [3.8, 4) is 11.5 Å². The Bertz CT molecular complexity index is 605. The van der Waals surface area contributed by atoms with Crippen LogP contribution < -0.4 is 9.47 Å². The number of hydrogen-bond donors (Lipinski definition) is 0. The molecule has 6 nitrogen and oxygen atoms in total. The van der Waals surface area contributed by atoms with E-state index < -0.39 is 0 Å². The minimum absolute atomic E-state index is 0.0117. The predicted molar refractivity (Wildman–Crippen MR) is 82.0 cm³/mol. The quantitative estimate of drug-likeness (QED) is 0.826. The molecule has 23 heavy (non-hydrogen) atoms. The fourth-order valence-electron chi connectivity index (χ4n) is 3.82. The first-order chi connectivity index (χ1) is 11.3. The van der Waals surface area contributed by atoms with Gasteiger partial charge < -0.3 is 23.8 Å². The van der Waals surface area contributed by atoms with Gasteiger partial charge in [-0.15, -0.1) is 0 Å². The van der Waals surface area contributed by atoms with Crippen LogP contribution >= 0.6 is 0 Å². The summed E-state index contributed by atoms with van der Waals surface area (Å²) in [6.45, 7) is 2.13. The number of fused-ring (bicyclic) bond motifs is 2. The van der Waals surface area contributed by atoms with Crippen molar-refractivity contribution in [2.75, 3.05) is 33.5 Å². The van der Waals surface area contributed by atoms with Gasteiger partial charge in [-0.2, -0.15) is 0 Å². The number of morpholine rings is 1. The summed E-state index contributed by atoms with van der Waals surface area (Å²) < 4.78 is 22.6. The van der Waals surface area contributed by atoms with Gasteiger partial charge in [0.2, 0.25) is 0 Å². The van der Waals surface area contributed by atoms with Crippen LogP contribution in [0.25, 0.3) is 0 Å². The summed E-state index contributed by atoms with van der Waals surface area (Å²) in [5.74, 6) is 1.20. The molecule has 0 N–H and O–H groups in total. The summed E-state index contributed by atoms with van der Waals surface area (Å²) in [6, 6.07) is 5.56. The maximum Gasteiger partial charge on any atom is 0.258 e. The fraction of sp³-hybridized carbons (Fsp3) is 0.588. The molecule has 1 amide bonds. The second kappa shape index (κ2) is 6.02. The standard InChI is InChI=1S/C17H21NO5/c1-20-13-6-5-12-16(13)22-8-7-18(12)17(19)11-3-2-4-14-15(11)23-10-9-21-14/h2-4,12-13,16H,5-10H2,1H3/t12-,13-,16+/m1/s1. The van der Waals surface area contributed by atoms with Gasteiger partial charge in [-0.1, -0.05) is 6.07 Å². The number of carbonyl (C=O) groups is 1. The monoisotopic (exact) mass is 319 g/mol. The zero-order valence-corrected chi connectivity index (χ0v) is 13.2. The van der Waals surface area contributed by atoms with Crippen LogP contribution in [-0.4, -0.2) is 62.5 Å². The molecular formula is C17H21NO5. The van der Waals surface area contributed by atoms with Crippen LogP contribution in [0.1, 0.15) is 23.2 Å². The molecule has 6 heteroatoms. The summed E-state index contributed by atoms with van der Waals surface area (Å²) >= 11 is 0. The third kappa shape index (κ3) is 2.46. The molecule has 3 atom stereocenters. The van der Waals surface area contributed by atoms with E-state index in [1.165, 1.54) is 0 Å². The highest BCUT2D eigenvalue weighted by atomic mass is 16.6. The lowest BCUT2D eigenvalue weighted by Gasteiger charge is -2.39. The predicted octanol–water partition coefficient (Wildman–Crippen LogP) is 1.48. The summed E-state index contributed by atoms with van der Waals surface area (Å²) in [4.78, 5) is 15.0. The molecule has 2 fully saturated rings. The van der Waals surface area contributed by atoms with E-state index in [4.69, 9.17) is 18.9 Å². The van der Waals surface area contributed by atoms with E-state index in [2.05, 4.69) is 0 Å². The minimum Gasteiger partial charge on any atom is -0.486 e. The number of para-hydroxylation sites is 1. The van der Waals surface area contributed by atoms with Crippen molar-refractivity contribution in [1.82, 2.24) is 4.90 Å².